The number of hydrogen-bond donors (Lipinski definition) is 1. The summed E-state index contributed by atoms with van der Waals surface area (Å²) in [6.07, 6.45) is 2.94. The number of aromatic nitrogens is 2. The predicted octanol–water partition coefficient (Wildman–Crippen LogP) is 4.08. The van der Waals surface area contributed by atoms with Gasteiger partial charge in [-0.25, -0.2) is 17.7 Å². The van der Waals surface area contributed by atoms with E-state index in [2.05, 4.69) is 5.10 Å². The Hall–Kier alpha value is -2.90. The van der Waals surface area contributed by atoms with Gasteiger partial charge in [0.2, 0.25) is 0 Å². The predicted molar refractivity (Wildman–Crippen MR) is 92.5 cm³/mol. The number of nitrogens with two attached hydrogens (primary N) is 1. The van der Waals surface area contributed by atoms with Crippen molar-refractivity contribution >= 4 is 16.9 Å². The second-order valence-electron chi connectivity index (χ2n) is 6.36. The minimum absolute atomic E-state index is 0.0321. The lowest BCUT2D eigenvalue weighted by atomic mass is 10.1. The molecule has 3 heterocycles. The minimum Gasteiger partial charge on any atom is -0.452 e. The van der Waals surface area contributed by atoms with Gasteiger partial charge in [-0.05, 0) is 18.2 Å². The highest BCUT2D eigenvalue weighted by Gasteiger charge is 2.34. The lowest BCUT2D eigenvalue weighted by Crippen LogP contribution is -2.39. The fraction of sp³-hybridized carbons (Fsp3) is 0.278. The van der Waals surface area contributed by atoms with Crippen molar-refractivity contribution in [1.29, 1.82) is 0 Å². The quantitative estimate of drug-likeness (QED) is 0.713. The first-order chi connectivity index (χ1) is 12.4. The highest BCUT2D eigenvalue weighted by atomic mass is 19.3. The molecule has 136 valence electrons. The number of fused-ring (bicyclic) bond motifs is 1. The van der Waals surface area contributed by atoms with Crippen molar-refractivity contribution in [3.05, 3.63) is 48.5 Å². The molecular formula is C18H17F3N4O. The van der Waals surface area contributed by atoms with E-state index in [-0.39, 0.29) is 31.7 Å². The molecule has 0 bridgehead atoms. The number of alkyl halides is 2. The highest BCUT2D eigenvalue weighted by molar-refractivity contribution is 5.66. The van der Waals surface area contributed by atoms with Gasteiger partial charge < -0.3 is 15.4 Å². The van der Waals surface area contributed by atoms with Gasteiger partial charge in [0.1, 0.15) is 5.52 Å². The molecule has 3 aromatic rings. The number of piperidine rings is 1. The SMILES string of the molecule is Nc1ccc(Oc2cc(N3CCC(F)(F)CC3)cn3nccc23)c(F)c1. The fourth-order valence-corrected chi connectivity index (χ4v) is 3.05. The van der Waals surface area contributed by atoms with E-state index in [1.165, 1.54) is 12.1 Å². The van der Waals surface area contributed by atoms with Gasteiger partial charge in [0, 0.05) is 43.8 Å². The maximum absolute atomic E-state index is 14.1. The van der Waals surface area contributed by atoms with E-state index >= 15 is 0 Å². The molecule has 1 fully saturated rings. The van der Waals surface area contributed by atoms with Crippen LogP contribution >= 0.6 is 0 Å². The minimum atomic E-state index is -2.63. The summed E-state index contributed by atoms with van der Waals surface area (Å²) in [5.74, 6) is -2.78. The van der Waals surface area contributed by atoms with Gasteiger partial charge in [-0.2, -0.15) is 5.10 Å². The number of hydrogen-bond acceptors (Lipinski definition) is 4. The molecule has 0 atom stereocenters. The molecule has 8 heteroatoms. The third kappa shape index (κ3) is 3.14. The Labute approximate surface area is 147 Å². The van der Waals surface area contributed by atoms with Crippen molar-refractivity contribution in [1.82, 2.24) is 9.61 Å². The molecule has 5 nitrogen and oxygen atoms in total. The van der Waals surface area contributed by atoms with Gasteiger partial charge in [0.05, 0.1) is 18.1 Å². The van der Waals surface area contributed by atoms with Crippen LogP contribution in [0.25, 0.3) is 5.52 Å². The summed E-state index contributed by atoms with van der Waals surface area (Å²) in [6, 6.07) is 7.63. The molecule has 4 rings (SSSR count). The van der Waals surface area contributed by atoms with Crippen LogP contribution in [-0.2, 0) is 0 Å². The van der Waals surface area contributed by atoms with Crippen molar-refractivity contribution in [3.63, 3.8) is 0 Å². The van der Waals surface area contributed by atoms with E-state index in [0.717, 1.165) is 0 Å². The lowest BCUT2D eigenvalue weighted by molar-refractivity contribution is -0.0220. The summed E-state index contributed by atoms with van der Waals surface area (Å²) in [5.41, 5.74) is 7.20. The molecule has 0 unspecified atom stereocenters. The van der Waals surface area contributed by atoms with E-state index in [1.807, 2.05) is 4.90 Å². The second-order valence-corrected chi connectivity index (χ2v) is 6.36. The fourth-order valence-electron chi connectivity index (χ4n) is 3.05. The highest BCUT2D eigenvalue weighted by Crippen LogP contribution is 2.35. The largest absolute Gasteiger partial charge is 0.452 e. The van der Waals surface area contributed by atoms with Crippen LogP contribution < -0.4 is 15.4 Å². The number of anilines is 2. The van der Waals surface area contributed by atoms with Crippen molar-refractivity contribution < 1.29 is 17.9 Å². The molecule has 0 spiro atoms. The summed E-state index contributed by atoms with van der Waals surface area (Å²) < 4.78 is 48.3. The number of nitrogen functional groups attached to an aromatic ring is 1. The molecule has 2 N–H and O–H groups in total. The summed E-state index contributed by atoms with van der Waals surface area (Å²) in [6.45, 7) is 0.463. The molecule has 0 radical (unpaired) electrons. The maximum Gasteiger partial charge on any atom is 0.251 e. The first-order valence-electron chi connectivity index (χ1n) is 8.24. The average Bonchev–Trinajstić information content (AvgIpc) is 3.06. The van der Waals surface area contributed by atoms with Crippen LogP contribution in [0.5, 0.6) is 11.5 Å². The van der Waals surface area contributed by atoms with Crippen LogP contribution in [0, 0.1) is 5.82 Å². The van der Waals surface area contributed by atoms with Gasteiger partial charge in [-0.3, -0.25) is 0 Å². The normalized spacial score (nSPS) is 16.8. The first-order valence-corrected chi connectivity index (χ1v) is 8.24. The standard InChI is InChI=1S/C18H17F3N4O/c19-14-9-12(22)1-2-16(14)26-17-10-13(11-25-15(17)3-6-23-25)24-7-4-18(20,21)5-8-24/h1-3,6,9-11H,4-5,7-8,22H2. The molecule has 0 aliphatic carbocycles. The molecule has 1 aromatic carbocycles. The zero-order valence-electron chi connectivity index (χ0n) is 13.8. The lowest BCUT2D eigenvalue weighted by Gasteiger charge is -2.33. The summed E-state index contributed by atoms with van der Waals surface area (Å²) in [7, 11) is 0. The third-order valence-electron chi connectivity index (χ3n) is 4.49. The van der Waals surface area contributed by atoms with Gasteiger partial charge in [-0.1, -0.05) is 0 Å². The topological polar surface area (TPSA) is 55.8 Å². The number of benzene rings is 1. The van der Waals surface area contributed by atoms with Crippen LogP contribution in [0.1, 0.15) is 12.8 Å². The van der Waals surface area contributed by atoms with Crippen LogP contribution in [-0.4, -0.2) is 28.6 Å². The van der Waals surface area contributed by atoms with E-state index in [9.17, 15) is 13.2 Å². The molecule has 0 saturated carbocycles. The van der Waals surface area contributed by atoms with Gasteiger partial charge in [0.15, 0.2) is 17.3 Å². The van der Waals surface area contributed by atoms with Gasteiger partial charge >= 0.3 is 0 Å². The molecular weight excluding hydrogens is 345 g/mol. The number of halogens is 3. The molecule has 1 aliphatic rings. The Balaban J connectivity index is 1.69. The summed E-state index contributed by atoms with van der Waals surface area (Å²) >= 11 is 0. The number of nitrogens with zero attached hydrogens (tertiary/aromatic N) is 3. The van der Waals surface area contributed by atoms with E-state index in [0.29, 0.717) is 22.6 Å². The van der Waals surface area contributed by atoms with Crippen molar-refractivity contribution in [3.8, 4) is 11.5 Å². The zero-order chi connectivity index (χ0) is 18.3. The van der Waals surface area contributed by atoms with E-state index in [4.69, 9.17) is 10.5 Å². The maximum atomic E-state index is 14.1. The summed E-state index contributed by atoms with van der Waals surface area (Å²) in [5, 5.41) is 4.19. The van der Waals surface area contributed by atoms with Crippen LogP contribution in [0.15, 0.2) is 42.7 Å². The molecule has 1 saturated heterocycles. The van der Waals surface area contributed by atoms with Crippen LogP contribution in [0.2, 0.25) is 0 Å². The smallest absolute Gasteiger partial charge is 0.251 e. The van der Waals surface area contributed by atoms with E-state index in [1.54, 1.807) is 35.1 Å². The number of ether oxygens (including phenoxy) is 1. The van der Waals surface area contributed by atoms with Crippen molar-refractivity contribution in [2.45, 2.75) is 18.8 Å². The first kappa shape index (κ1) is 16.6. The van der Waals surface area contributed by atoms with E-state index < -0.39 is 11.7 Å². The van der Waals surface area contributed by atoms with Crippen LogP contribution in [0.3, 0.4) is 0 Å². The summed E-state index contributed by atoms with van der Waals surface area (Å²) in [4.78, 5) is 1.85. The zero-order valence-corrected chi connectivity index (χ0v) is 13.8. The third-order valence-corrected chi connectivity index (χ3v) is 4.49. The monoisotopic (exact) mass is 362 g/mol. The second kappa shape index (κ2) is 6.12. The Kier molecular flexibility index (Phi) is 3.90. The molecule has 26 heavy (non-hydrogen) atoms. The number of pyridine rings is 1. The Morgan fingerprint density at radius 2 is 1.85 bits per heavy atom. The Bertz CT molecular complexity index is 947. The molecule has 1 aliphatic heterocycles. The van der Waals surface area contributed by atoms with Crippen molar-refractivity contribution in [2.24, 2.45) is 0 Å². The molecule has 0 amide bonds. The van der Waals surface area contributed by atoms with Crippen LogP contribution in [0.4, 0.5) is 24.5 Å². The van der Waals surface area contributed by atoms with Gasteiger partial charge in [0.25, 0.3) is 5.92 Å². The number of rotatable bonds is 3. The van der Waals surface area contributed by atoms with Crippen molar-refractivity contribution in [2.75, 3.05) is 23.7 Å². The van der Waals surface area contributed by atoms with Gasteiger partial charge in [-0.15, -0.1) is 0 Å². The average molecular weight is 362 g/mol. The Morgan fingerprint density at radius 3 is 2.58 bits per heavy atom. The Morgan fingerprint density at radius 1 is 1.08 bits per heavy atom. The molecule has 2 aromatic heterocycles.